The first kappa shape index (κ1) is 17.0. The van der Waals surface area contributed by atoms with Gasteiger partial charge in [0, 0.05) is 19.1 Å². The Hall–Kier alpha value is -1.89. The van der Waals surface area contributed by atoms with Gasteiger partial charge in [-0.3, -0.25) is 9.80 Å². The van der Waals surface area contributed by atoms with Crippen LogP contribution in [0.3, 0.4) is 0 Å². The first-order chi connectivity index (χ1) is 11.4. The summed E-state index contributed by atoms with van der Waals surface area (Å²) in [6, 6.07) is 6.68. The molecule has 0 bridgehead atoms. The van der Waals surface area contributed by atoms with Gasteiger partial charge in [0.2, 0.25) is 14.9 Å². The minimum absolute atomic E-state index is 0.0476. The number of carbonyl (C=O) groups excluding carboxylic acids is 1. The van der Waals surface area contributed by atoms with Gasteiger partial charge in [-0.2, -0.15) is 5.10 Å². The maximum atomic E-state index is 12.9. The molecule has 130 valence electrons. The van der Waals surface area contributed by atoms with Crippen molar-refractivity contribution in [3.8, 4) is 0 Å². The normalized spacial score (nSPS) is 20.4. The van der Waals surface area contributed by atoms with E-state index in [9.17, 15) is 13.2 Å². The summed E-state index contributed by atoms with van der Waals surface area (Å²) in [6.07, 6.45) is 3.96. The van der Waals surface area contributed by atoms with E-state index in [-0.39, 0.29) is 16.0 Å². The molecule has 7 heteroatoms. The smallest absolute Gasteiger partial charge is 0.286 e. The quantitative estimate of drug-likeness (QED) is 0.822. The minimum atomic E-state index is -3.89. The summed E-state index contributed by atoms with van der Waals surface area (Å²) >= 11 is 0. The van der Waals surface area contributed by atoms with Gasteiger partial charge in [-0.15, -0.1) is 0 Å². The van der Waals surface area contributed by atoms with Crippen molar-refractivity contribution in [1.82, 2.24) is 4.90 Å². The third kappa shape index (κ3) is 2.92. The lowest BCUT2D eigenvalue weighted by atomic mass is 10.2. The van der Waals surface area contributed by atoms with Gasteiger partial charge < -0.3 is 4.90 Å². The first-order valence-corrected chi connectivity index (χ1v) is 9.92. The van der Waals surface area contributed by atoms with E-state index in [1.807, 2.05) is 13.8 Å². The van der Waals surface area contributed by atoms with Crippen LogP contribution in [-0.4, -0.2) is 43.4 Å². The summed E-state index contributed by atoms with van der Waals surface area (Å²) < 4.78 is 25.9. The number of carbonyl (C=O) groups is 1. The van der Waals surface area contributed by atoms with E-state index in [2.05, 4.69) is 5.10 Å². The van der Waals surface area contributed by atoms with Gasteiger partial charge in [0.25, 0.3) is 5.91 Å². The van der Waals surface area contributed by atoms with Gasteiger partial charge in [-0.1, -0.05) is 25.0 Å². The molecule has 3 rings (SSSR count). The Bertz CT molecular complexity index is 763. The van der Waals surface area contributed by atoms with Crippen molar-refractivity contribution in [2.45, 2.75) is 50.5 Å². The van der Waals surface area contributed by atoms with E-state index in [1.54, 1.807) is 34.2 Å². The summed E-state index contributed by atoms with van der Waals surface area (Å²) in [5.74, 6) is -0.475. The number of nitrogens with zero attached hydrogens (tertiary/aromatic N) is 3. The van der Waals surface area contributed by atoms with Gasteiger partial charge in [0.1, 0.15) is 0 Å². The molecule has 1 amide bonds. The fourth-order valence-electron chi connectivity index (χ4n) is 3.14. The Morgan fingerprint density at radius 1 is 1.08 bits per heavy atom. The largest absolute Gasteiger partial charge is 0.337 e. The van der Waals surface area contributed by atoms with Gasteiger partial charge in [-0.05, 0) is 38.8 Å². The molecule has 0 unspecified atom stereocenters. The van der Waals surface area contributed by atoms with Gasteiger partial charge in [0.15, 0.2) is 0 Å². The van der Waals surface area contributed by atoms with E-state index in [1.165, 1.54) is 0 Å². The predicted molar refractivity (Wildman–Crippen MR) is 93.7 cm³/mol. The van der Waals surface area contributed by atoms with Crippen LogP contribution in [0.5, 0.6) is 0 Å². The maximum absolute atomic E-state index is 12.9. The van der Waals surface area contributed by atoms with E-state index >= 15 is 0 Å². The predicted octanol–water partition coefficient (Wildman–Crippen LogP) is 2.40. The highest BCUT2D eigenvalue weighted by Crippen LogP contribution is 2.33. The highest BCUT2D eigenvalue weighted by atomic mass is 32.2. The van der Waals surface area contributed by atoms with Crippen molar-refractivity contribution >= 4 is 26.5 Å². The number of anilines is 1. The van der Waals surface area contributed by atoms with Crippen LogP contribution in [0.15, 0.2) is 34.3 Å². The van der Waals surface area contributed by atoms with E-state index in [4.69, 9.17) is 0 Å². The number of likely N-dealkylation sites (tertiary alicyclic amines) is 1. The molecule has 0 saturated carbocycles. The number of fused-ring (bicyclic) bond motifs is 1. The second-order valence-electron chi connectivity index (χ2n) is 6.52. The summed E-state index contributed by atoms with van der Waals surface area (Å²) in [5, 5.41) is 5.53. The Balaban J connectivity index is 2.05. The number of hydrazone groups is 1. The summed E-state index contributed by atoms with van der Waals surface area (Å²) in [6.45, 7) is 5.03. The summed E-state index contributed by atoms with van der Waals surface area (Å²) in [7, 11) is -3.89. The first-order valence-electron chi connectivity index (χ1n) is 8.44. The molecule has 6 nitrogen and oxygen atoms in total. The highest BCUT2D eigenvalue weighted by molar-refractivity contribution is 8.08. The molecule has 0 radical (unpaired) electrons. The molecular formula is C17H23N3O3S. The molecule has 0 aromatic heterocycles. The van der Waals surface area contributed by atoms with Crippen molar-refractivity contribution < 1.29 is 13.2 Å². The molecule has 1 saturated heterocycles. The molecule has 2 aliphatic heterocycles. The van der Waals surface area contributed by atoms with Crippen LogP contribution < -0.4 is 5.01 Å². The average molecular weight is 349 g/mol. The van der Waals surface area contributed by atoms with Gasteiger partial charge in [0.05, 0.1) is 10.6 Å². The standard InChI is InChI=1S/C17H23N3O3S/c1-13(2)20-14-9-5-6-10-15(14)24(22,23)16(18-20)17(21)19-11-7-3-4-8-12-19/h5-6,9-10,13H,3-4,7-8,11-12H2,1-2H3. The van der Waals surface area contributed by atoms with E-state index in [0.29, 0.717) is 18.8 Å². The fourth-order valence-corrected chi connectivity index (χ4v) is 4.60. The number of rotatable bonds is 2. The number of hydrogen-bond acceptors (Lipinski definition) is 5. The van der Waals surface area contributed by atoms with Crippen LogP contribution in [0.2, 0.25) is 0 Å². The van der Waals surface area contributed by atoms with Crippen molar-refractivity contribution in [2.24, 2.45) is 5.10 Å². The lowest BCUT2D eigenvalue weighted by Gasteiger charge is -2.31. The molecule has 1 fully saturated rings. The van der Waals surface area contributed by atoms with Crippen LogP contribution >= 0.6 is 0 Å². The topological polar surface area (TPSA) is 70.1 Å². The Morgan fingerprint density at radius 2 is 1.71 bits per heavy atom. The van der Waals surface area contributed by atoms with E-state index in [0.717, 1.165) is 25.7 Å². The zero-order valence-corrected chi connectivity index (χ0v) is 14.9. The molecule has 2 heterocycles. The maximum Gasteiger partial charge on any atom is 0.286 e. The van der Waals surface area contributed by atoms with Crippen LogP contribution in [0.4, 0.5) is 5.69 Å². The lowest BCUT2D eigenvalue weighted by Crippen LogP contribution is -2.44. The monoisotopic (exact) mass is 349 g/mol. The second-order valence-corrected chi connectivity index (χ2v) is 8.35. The summed E-state index contributed by atoms with van der Waals surface area (Å²) in [4.78, 5) is 14.7. The van der Waals surface area contributed by atoms with Gasteiger partial charge in [-0.25, -0.2) is 8.42 Å². The molecule has 1 aromatic carbocycles. The van der Waals surface area contributed by atoms with Gasteiger partial charge >= 0.3 is 0 Å². The molecule has 0 N–H and O–H groups in total. The van der Waals surface area contributed by atoms with Crippen LogP contribution in [-0.2, 0) is 14.6 Å². The highest BCUT2D eigenvalue weighted by Gasteiger charge is 2.39. The number of sulfone groups is 1. The molecular weight excluding hydrogens is 326 g/mol. The molecule has 24 heavy (non-hydrogen) atoms. The van der Waals surface area contributed by atoms with Crippen molar-refractivity contribution in [3.05, 3.63) is 24.3 Å². The third-order valence-corrected chi connectivity index (χ3v) is 6.11. The molecule has 0 spiro atoms. The molecule has 2 aliphatic rings. The Morgan fingerprint density at radius 3 is 2.33 bits per heavy atom. The number of benzene rings is 1. The number of hydrogen-bond donors (Lipinski definition) is 0. The Kier molecular flexibility index (Phi) is 4.62. The van der Waals surface area contributed by atoms with Crippen LogP contribution in [0.25, 0.3) is 0 Å². The average Bonchev–Trinajstić information content (AvgIpc) is 2.83. The van der Waals surface area contributed by atoms with Crippen LogP contribution in [0, 0.1) is 0 Å². The lowest BCUT2D eigenvalue weighted by molar-refractivity contribution is -0.123. The zero-order valence-electron chi connectivity index (χ0n) is 14.1. The summed E-state index contributed by atoms with van der Waals surface area (Å²) in [5.41, 5.74) is 0.528. The minimum Gasteiger partial charge on any atom is -0.337 e. The number of para-hydroxylation sites is 1. The third-order valence-electron chi connectivity index (χ3n) is 4.42. The van der Waals surface area contributed by atoms with Crippen molar-refractivity contribution in [3.63, 3.8) is 0 Å². The second kappa shape index (κ2) is 6.55. The van der Waals surface area contributed by atoms with E-state index < -0.39 is 15.7 Å². The van der Waals surface area contributed by atoms with Crippen LogP contribution in [0.1, 0.15) is 39.5 Å². The van der Waals surface area contributed by atoms with Crippen molar-refractivity contribution in [2.75, 3.05) is 18.1 Å². The fraction of sp³-hybridized carbons (Fsp3) is 0.529. The van der Waals surface area contributed by atoms with Crippen molar-refractivity contribution in [1.29, 1.82) is 0 Å². The molecule has 0 aliphatic carbocycles. The zero-order chi connectivity index (χ0) is 17.3. The SMILES string of the molecule is CC(C)N1N=C(C(=O)N2CCCCCC2)S(=O)(=O)c2ccccc21. The number of amides is 1. The Labute approximate surface area is 143 Å². The molecule has 0 atom stereocenters. The molecule has 1 aromatic rings.